The van der Waals surface area contributed by atoms with E-state index in [0.29, 0.717) is 29.6 Å². The lowest BCUT2D eigenvalue weighted by Gasteiger charge is -2.40. The summed E-state index contributed by atoms with van der Waals surface area (Å²) in [5, 5.41) is 3.53. The van der Waals surface area contributed by atoms with Crippen LogP contribution in [0.1, 0.15) is 18.5 Å². The van der Waals surface area contributed by atoms with Crippen LogP contribution >= 0.6 is 11.6 Å². The summed E-state index contributed by atoms with van der Waals surface area (Å²) in [6.07, 6.45) is 1.72. The van der Waals surface area contributed by atoms with Gasteiger partial charge < -0.3 is 19.7 Å². The van der Waals surface area contributed by atoms with Gasteiger partial charge in [-0.1, -0.05) is 29.8 Å². The Labute approximate surface area is 150 Å². The number of hydrogen-bond donors (Lipinski definition) is 1. The predicted octanol–water partition coefficient (Wildman–Crippen LogP) is 3.03. The molecule has 6 nitrogen and oxygen atoms in total. The van der Waals surface area contributed by atoms with Crippen LogP contribution in [0, 0.1) is 0 Å². The van der Waals surface area contributed by atoms with Gasteiger partial charge >= 0.3 is 0 Å². The lowest BCUT2D eigenvalue weighted by atomic mass is 10.0. The van der Waals surface area contributed by atoms with Crippen molar-refractivity contribution in [2.24, 2.45) is 0 Å². The second-order valence-corrected chi connectivity index (χ2v) is 6.62. The van der Waals surface area contributed by atoms with Gasteiger partial charge in [-0.3, -0.25) is 4.79 Å². The SMILES string of the molecule is C[C@H]1CN(c2cc3c(cn2)OCC(=O)N3)[C@@H](c2ccccc2Cl)CO1. The molecule has 7 heteroatoms. The van der Waals surface area contributed by atoms with E-state index in [1.807, 2.05) is 37.3 Å². The molecule has 1 N–H and O–H groups in total. The van der Waals surface area contributed by atoms with E-state index in [0.717, 1.165) is 11.4 Å². The minimum atomic E-state index is -0.164. The molecule has 0 saturated carbocycles. The molecule has 0 spiro atoms. The van der Waals surface area contributed by atoms with Crippen LogP contribution in [-0.2, 0) is 9.53 Å². The van der Waals surface area contributed by atoms with Crippen molar-refractivity contribution in [3.8, 4) is 5.75 Å². The van der Waals surface area contributed by atoms with Crippen molar-refractivity contribution in [2.75, 3.05) is 30.0 Å². The third-order valence-corrected chi connectivity index (χ3v) is 4.76. The highest BCUT2D eigenvalue weighted by molar-refractivity contribution is 6.31. The minimum absolute atomic E-state index is 0.0187. The number of fused-ring (bicyclic) bond motifs is 1. The van der Waals surface area contributed by atoms with Crippen molar-refractivity contribution in [1.29, 1.82) is 0 Å². The topological polar surface area (TPSA) is 63.7 Å². The zero-order valence-electron chi connectivity index (χ0n) is 13.7. The molecule has 25 heavy (non-hydrogen) atoms. The van der Waals surface area contributed by atoms with Gasteiger partial charge in [-0.15, -0.1) is 0 Å². The Balaban J connectivity index is 1.71. The average Bonchev–Trinajstić information content (AvgIpc) is 2.62. The van der Waals surface area contributed by atoms with E-state index >= 15 is 0 Å². The lowest BCUT2D eigenvalue weighted by Crippen LogP contribution is -2.44. The Morgan fingerprint density at radius 3 is 3.04 bits per heavy atom. The van der Waals surface area contributed by atoms with Gasteiger partial charge in [0, 0.05) is 17.6 Å². The van der Waals surface area contributed by atoms with Crippen molar-refractivity contribution in [3.05, 3.63) is 47.1 Å². The molecule has 0 unspecified atom stereocenters. The molecular formula is C18H18ClN3O3. The second-order valence-electron chi connectivity index (χ2n) is 6.21. The smallest absolute Gasteiger partial charge is 0.262 e. The quantitative estimate of drug-likeness (QED) is 0.893. The third-order valence-electron chi connectivity index (χ3n) is 4.41. The van der Waals surface area contributed by atoms with Crippen molar-refractivity contribution < 1.29 is 14.3 Å². The Morgan fingerprint density at radius 2 is 2.20 bits per heavy atom. The minimum Gasteiger partial charge on any atom is -0.480 e. The standard InChI is InChI=1S/C18H18ClN3O3/c1-11-8-22(15(9-24-11)12-4-2-3-5-13(12)19)17-6-14-16(7-20-17)25-10-18(23)21-14/h2-7,11,15H,8-10H2,1H3,(H,21,23)/t11-,15+/m0/s1. The normalized spacial score (nSPS) is 22.8. The van der Waals surface area contributed by atoms with Crippen LogP contribution in [0.4, 0.5) is 11.5 Å². The van der Waals surface area contributed by atoms with Crippen LogP contribution in [0.3, 0.4) is 0 Å². The van der Waals surface area contributed by atoms with Crippen LogP contribution in [0.25, 0.3) is 0 Å². The number of morpholine rings is 1. The number of rotatable bonds is 2. The van der Waals surface area contributed by atoms with Gasteiger partial charge in [-0.05, 0) is 18.6 Å². The number of halogens is 1. The summed E-state index contributed by atoms with van der Waals surface area (Å²) in [5.41, 5.74) is 1.63. The van der Waals surface area contributed by atoms with E-state index in [9.17, 15) is 4.79 Å². The van der Waals surface area contributed by atoms with Gasteiger partial charge in [0.15, 0.2) is 12.4 Å². The fourth-order valence-corrected chi connectivity index (χ4v) is 3.45. The zero-order chi connectivity index (χ0) is 17.4. The first-order valence-corrected chi connectivity index (χ1v) is 8.55. The largest absolute Gasteiger partial charge is 0.480 e. The maximum atomic E-state index is 11.6. The van der Waals surface area contributed by atoms with Crippen molar-refractivity contribution in [1.82, 2.24) is 4.98 Å². The van der Waals surface area contributed by atoms with Crippen molar-refractivity contribution in [2.45, 2.75) is 19.1 Å². The van der Waals surface area contributed by atoms with Gasteiger partial charge in [-0.2, -0.15) is 0 Å². The van der Waals surface area contributed by atoms with Gasteiger partial charge in [0.05, 0.1) is 30.6 Å². The van der Waals surface area contributed by atoms with E-state index in [2.05, 4.69) is 15.2 Å². The zero-order valence-corrected chi connectivity index (χ0v) is 14.5. The summed E-state index contributed by atoms with van der Waals surface area (Å²) < 4.78 is 11.2. The fraction of sp³-hybridized carbons (Fsp3) is 0.333. The number of carbonyl (C=O) groups excluding carboxylic acids is 1. The summed E-state index contributed by atoms with van der Waals surface area (Å²) in [6, 6.07) is 9.55. The lowest BCUT2D eigenvalue weighted by molar-refractivity contribution is -0.118. The summed E-state index contributed by atoms with van der Waals surface area (Å²) in [5.74, 6) is 1.17. The number of pyridine rings is 1. The molecule has 0 bridgehead atoms. The highest BCUT2D eigenvalue weighted by Gasteiger charge is 2.31. The number of amides is 1. The molecule has 2 atom stereocenters. The first kappa shape index (κ1) is 16.2. The maximum absolute atomic E-state index is 11.6. The van der Waals surface area contributed by atoms with E-state index in [-0.39, 0.29) is 24.7 Å². The van der Waals surface area contributed by atoms with Gasteiger partial charge in [0.1, 0.15) is 5.82 Å². The molecule has 2 aliphatic rings. The number of nitrogens with one attached hydrogen (secondary N) is 1. The molecule has 1 saturated heterocycles. The Morgan fingerprint density at radius 1 is 1.36 bits per heavy atom. The first-order chi connectivity index (χ1) is 12.1. The number of aromatic nitrogens is 1. The summed E-state index contributed by atoms with van der Waals surface area (Å²) in [4.78, 5) is 18.3. The van der Waals surface area contributed by atoms with Crippen molar-refractivity contribution in [3.63, 3.8) is 0 Å². The number of hydrogen-bond acceptors (Lipinski definition) is 5. The van der Waals surface area contributed by atoms with Crippen LogP contribution in [-0.4, -0.2) is 36.8 Å². The number of anilines is 2. The van der Waals surface area contributed by atoms with Gasteiger partial charge in [-0.25, -0.2) is 4.98 Å². The predicted molar refractivity (Wildman–Crippen MR) is 95.3 cm³/mol. The molecular weight excluding hydrogens is 342 g/mol. The average molecular weight is 360 g/mol. The number of benzene rings is 1. The molecule has 4 rings (SSSR count). The maximum Gasteiger partial charge on any atom is 0.262 e. The van der Waals surface area contributed by atoms with Crippen LogP contribution in [0.5, 0.6) is 5.75 Å². The molecule has 3 heterocycles. The Hall–Kier alpha value is -2.31. The first-order valence-electron chi connectivity index (χ1n) is 8.17. The van der Waals surface area contributed by atoms with Crippen LogP contribution in [0.15, 0.2) is 36.5 Å². The number of nitrogens with zero attached hydrogens (tertiary/aromatic N) is 2. The van der Waals surface area contributed by atoms with E-state index in [1.54, 1.807) is 6.20 Å². The summed E-state index contributed by atoms with van der Waals surface area (Å²) >= 11 is 6.40. The van der Waals surface area contributed by atoms with Crippen molar-refractivity contribution >= 4 is 29.0 Å². The van der Waals surface area contributed by atoms with Gasteiger partial charge in [0.25, 0.3) is 5.91 Å². The van der Waals surface area contributed by atoms with Crippen LogP contribution < -0.4 is 15.0 Å². The fourth-order valence-electron chi connectivity index (χ4n) is 3.19. The third kappa shape index (κ3) is 3.15. The van der Waals surface area contributed by atoms with E-state index in [4.69, 9.17) is 21.1 Å². The summed E-state index contributed by atoms with van der Waals surface area (Å²) in [6.45, 7) is 3.24. The molecule has 1 amide bonds. The molecule has 1 aromatic carbocycles. The molecule has 1 aromatic heterocycles. The number of carbonyl (C=O) groups is 1. The highest BCUT2D eigenvalue weighted by atomic mass is 35.5. The molecule has 0 radical (unpaired) electrons. The molecule has 1 fully saturated rings. The number of ether oxygens (including phenoxy) is 2. The van der Waals surface area contributed by atoms with E-state index < -0.39 is 0 Å². The Bertz CT molecular complexity index is 814. The molecule has 0 aliphatic carbocycles. The highest BCUT2D eigenvalue weighted by Crippen LogP contribution is 2.37. The van der Waals surface area contributed by atoms with Gasteiger partial charge in [0.2, 0.25) is 0 Å². The molecule has 2 aliphatic heterocycles. The monoisotopic (exact) mass is 359 g/mol. The molecule has 2 aromatic rings. The van der Waals surface area contributed by atoms with Crippen LogP contribution in [0.2, 0.25) is 5.02 Å². The second kappa shape index (κ2) is 6.54. The summed E-state index contributed by atoms with van der Waals surface area (Å²) in [7, 11) is 0. The molecule has 130 valence electrons. The Kier molecular flexibility index (Phi) is 4.23. The van der Waals surface area contributed by atoms with E-state index in [1.165, 1.54) is 0 Å².